The highest BCUT2D eigenvalue weighted by Crippen LogP contribution is 2.34. The molecule has 37 heavy (non-hydrogen) atoms. The van der Waals surface area contributed by atoms with Gasteiger partial charge in [0.2, 0.25) is 15.9 Å². The van der Waals surface area contributed by atoms with Gasteiger partial charge < -0.3 is 9.64 Å². The molecule has 0 N–H and O–H groups in total. The van der Waals surface area contributed by atoms with E-state index in [4.69, 9.17) is 16.3 Å². The molecule has 198 valence electrons. The molecule has 0 spiro atoms. The molecule has 0 fully saturated rings. The van der Waals surface area contributed by atoms with E-state index in [2.05, 4.69) is 0 Å². The van der Waals surface area contributed by atoms with E-state index in [-0.39, 0.29) is 48.3 Å². The van der Waals surface area contributed by atoms with Gasteiger partial charge in [-0.1, -0.05) is 25.4 Å². The second-order valence-corrected chi connectivity index (χ2v) is 12.8. The Balaban J connectivity index is 1.56. The lowest BCUT2D eigenvalue weighted by Crippen LogP contribution is -2.48. The first-order valence-corrected chi connectivity index (χ1v) is 14.8. The summed E-state index contributed by atoms with van der Waals surface area (Å²) in [7, 11) is -3.91. The van der Waals surface area contributed by atoms with Crippen LogP contribution in [0.25, 0.3) is 0 Å². The molecule has 0 saturated heterocycles. The lowest BCUT2D eigenvalue weighted by Gasteiger charge is -2.37. The minimum absolute atomic E-state index is 0.100. The van der Waals surface area contributed by atoms with Gasteiger partial charge >= 0.3 is 0 Å². The minimum Gasteiger partial charge on any atom is -0.491 e. The Morgan fingerprint density at radius 1 is 1.16 bits per heavy atom. The summed E-state index contributed by atoms with van der Waals surface area (Å²) in [5.74, 6) is 0.120. The SMILES string of the molecule is CC(C)CCN(CC(=O)N1CCc2sccc2[C@@H]1COc1ccc(F)cc1)S(=O)(=O)c1ccc(Cl)cc1. The first-order valence-electron chi connectivity index (χ1n) is 12.1. The van der Waals surface area contributed by atoms with Gasteiger partial charge in [-0.25, -0.2) is 12.8 Å². The highest BCUT2D eigenvalue weighted by atomic mass is 35.5. The molecule has 10 heteroatoms. The number of benzene rings is 2. The van der Waals surface area contributed by atoms with Gasteiger partial charge in [-0.2, -0.15) is 4.31 Å². The van der Waals surface area contributed by atoms with Crippen LogP contribution in [0.3, 0.4) is 0 Å². The van der Waals surface area contributed by atoms with Crippen molar-refractivity contribution in [2.75, 3.05) is 26.2 Å². The monoisotopic (exact) mass is 564 g/mol. The largest absolute Gasteiger partial charge is 0.491 e. The smallest absolute Gasteiger partial charge is 0.243 e. The Bertz CT molecular complexity index is 1310. The Labute approximate surface area is 226 Å². The maximum absolute atomic E-state index is 13.7. The molecular weight excluding hydrogens is 535 g/mol. The molecule has 6 nitrogen and oxygen atoms in total. The maximum atomic E-state index is 13.7. The number of hydrogen-bond acceptors (Lipinski definition) is 5. The number of nitrogens with zero attached hydrogens (tertiary/aromatic N) is 2. The van der Waals surface area contributed by atoms with Crippen LogP contribution < -0.4 is 4.74 Å². The Morgan fingerprint density at radius 2 is 1.86 bits per heavy atom. The maximum Gasteiger partial charge on any atom is 0.243 e. The third-order valence-corrected chi connectivity index (χ3v) is 9.46. The van der Waals surface area contributed by atoms with Gasteiger partial charge in [0, 0.05) is 23.0 Å². The standard InChI is InChI=1S/C27H30ClFN2O4S2/c1-19(2)11-14-30(37(33,34)23-9-3-20(28)4-10-23)17-27(32)31-15-12-26-24(13-16-36-26)25(31)18-35-22-7-5-21(29)6-8-22/h3-10,13,16,19,25H,11-12,14-15,17-18H2,1-2H3/t25-/m0/s1. The van der Waals surface area contributed by atoms with Gasteiger partial charge in [0.15, 0.2) is 0 Å². The summed E-state index contributed by atoms with van der Waals surface area (Å²) >= 11 is 7.59. The Morgan fingerprint density at radius 3 is 2.54 bits per heavy atom. The van der Waals surface area contributed by atoms with E-state index in [1.165, 1.54) is 45.6 Å². The van der Waals surface area contributed by atoms with E-state index in [1.54, 1.807) is 28.4 Å². The van der Waals surface area contributed by atoms with Crippen LogP contribution in [0.1, 0.15) is 36.8 Å². The van der Waals surface area contributed by atoms with Crippen LogP contribution >= 0.6 is 22.9 Å². The molecule has 2 aromatic carbocycles. The first-order chi connectivity index (χ1) is 17.6. The number of hydrogen-bond donors (Lipinski definition) is 0. The third-order valence-electron chi connectivity index (χ3n) is 6.36. The molecular formula is C27H30ClFN2O4S2. The summed E-state index contributed by atoms with van der Waals surface area (Å²) in [6.45, 7) is 4.62. The van der Waals surface area contributed by atoms with Gasteiger partial charge in [0.1, 0.15) is 18.2 Å². The molecule has 1 amide bonds. The molecule has 2 heterocycles. The van der Waals surface area contributed by atoms with E-state index in [1.807, 2.05) is 25.3 Å². The van der Waals surface area contributed by atoms with E-state index in [0.717, 1.165) is 5.56 Å². The first kappa shape index (κ1) is 27.6. The molecule has 4 rings (SSSR count). The molecule has 0 aliphatic carbocycles. The van der Waals surface area contributed by atoms with Crippen molar-refractivity contribution < 1.29 is 22.3 Å². The van der Waals surface area contributed by atoms with Crippen molar-refractivity contribution in [2.45, 2.75) is 37.6 Å². The van der Waals surface area contributed by atoms with Crippen molar-refractivity contribution in [3.8, 4) is 5.75 Å². The van der Waals surface area contributed by atoms with Crippen molar-refractivity contribution in [2.24, 2.45) is 5.92 Å². The Hall–Kier alpha value is -2.46. The van der Waals surface area contributed by atoms with Crippen molar-refractivity contribution in [1.29, 1.82) is 0 Å². The summed E-state index contributed by atoms with van der Waals surface area (Å²) in [6.07, 6.45) is 1.31. The molecule has 0 saturated carbocycles. The zero-order chi connectivity index (χ0) is 26.6. The normalized spacial score (nSPS) is 15.7. The zero-order valence-corrected chi connectivity index (χ0v) is 23.2. The van der Waals surface area contributed by atoms with E-state index >= 15 is 0 Å². The number of ether oxygens (including phenoxy) is 1. The fourth-order valence-corrected chi connectivity index (χ4v) is 6.72. The van der Waals surface area contributed by atoms with Gasteiger partial charge in [-0.3, -0.25) is 4.79 Å². The molecule has 1 aromatic heterocycles. The van der Waals surface area contributed by atoms with Gasteiger partial charge in [0.05, 0.1) is 17.5 Å². The predicted molar refractivity (Wildman–Crippen MR) is 144 cm³/mol. The van der Waals surface area contributed by atoms with Crippen LogP contribution in [-0.4, -0.2) is 49.8 Å². The van der Waals surface area contributed by atoms with E-state index in [9.17, 15) is 17.6 Å². The van der Waals surface area contributed by atoms with Crippen LogP contribution in [0.15, 0.2) is 64.9 Å². The highest BCUT2D eigenvalue weighted by Gasteiger charge is 2.35. The van der Waals surface area contributed by atoms with Crippen molar-refractivity contribution in [3.63, 3.8) is 0 Å². The lowest BCUT2D eigenvalue weighted by atomic mass is 10.0. The molecule has 0 radical (unpaired) electrons. The average Bonchev–Trinajstić information content (AvgIpc) is 3.35. The second-order valence-electron chi connectivity index (χ2n) is 9.39. The molecule has 3 aromatic rings. The summed E-state index contributed by atoms with van der Waals surface area (Å²) in [5.41, 5.74) is 1.00. The average molecular weight is 565 g/mol. The van der Waals surface area contributed by atoms with Crippen LogP contribution in [0.5, 0.6) is 5.75 Å². The highest BCUT2D eigenvalue weighted by molar-refractivity contribution is 7.89. The number of halogens is 2. The number of rotatable bonds is 10. The van der Waals surface area contributed by atoms with Gasteiger partial charge in [-0.05, 0) is 84.3 Å². The number of carbonyl (C=O) groups excluding carboxylic acids is 1. The Kier molecular flexibility index (Phi) is 8.90. The fourth-order valence-electron chi connectivity index (χ4n) is 4.26. The number of sulfonamides is 1. The molecule has 1 aliphatic heterocycles. The zero-order valence-electron chi connectivity index (χ0n) is 20.8. The van der Waals surface area contributed by atoms with Crippen LogP contribution in [0.4, 0.5) is 4.39 Å². The molecule has 1 atom stereocenters. The summed E-state index contributed by atoms with van der Waals surface area (Å²) in [4.78, 5) is 16.7. The third kappa shape index (κ3) is 6.71. The lowest BCUT2D eigenvalue weighted by molar-refractivity contribution is -0.135. The quantitative estimate of drug-likeness (QED) is 0.313. The predicted octanol–water partition coefficient (Wildman–Crippen LogP) is 5.78. The number of thiophene rings is 1. The topological polar surface area (TPSA) is 66.9 Å². The van der Waals surface area contributed by atoms with Crippen LogP contribution in [-0.2, 0) is 21.2 Å². The second kappa shape index (κ2) is 11.9. The minimum atomic E-state index is -3.91. The molecule has 1 aliphatic rings. The number of amides is 1. The molecule has 0 bridgehead atoms. The van der Waals surface area contributed by atoms with Gasteiger partial charge in [0.25, 0.3) is 0 Å². The van der Waals surface area contributed by atoms with Crippen LogP contribution in [0.2, 0.25) is 5.02 Å². The van der Waals surface area contributed by atoms with Crippen molar-refractivity contribution in [1.82, 2.24) is 9.21 Å². The number of carbonyl (C=O) groups is 1. The van der Waals surface area contributed by atoms with Gasteiger partial charge in [-0.15, -0.1) is 11.3 Å². The summed E-state index contributed by atoms with van der Waals surface area (Å²) in [6, 6.07) is 13.3. The summed E-state index contributed by atoms with van der Waals surface area (Å²) in [5, 5.41) is 2.43. The number of fused-ring (bicyclic) bond motifs is 1. The summed E-state index contributed by atoms with van der Waals surface area (Å²) < 4.78 is 47.5. The van der Waals surface area contributed by atoms with E-state index < -0.39 is 10.0 Å². The molecule has 0 unspecified atom stereocenters. The van der Waals surface area contributed by atoms with Crippen molar-refractivity contribution >= 4 is 38.9 Å². The fraction of sp³-hybridized carbons (Fsp3) is 0.370. The van der Waals surface area contributed by atoms with Crippen molar-refractivity contribution in [3.05, 3.63) is 81.3 Å². The van der Waals surface area contributed by atoms with Crippen LogP contribution in [0, 0.1) is 11.7 Å². The van der Waals surface area contributed by atoms with E-state index in [0.29, 0.717) is 30.2 Å².